The van der Waals surface area contributed by atoms with Crippen molar-refractivity contribution in [3.8, 4) is 0 Å². The molecule has 3 fully saturated rings. The molecule has 21 nitrogen and oxygen atoms in total. The SMILES string of the molecule is CC1/C=C/C=C/C=C/C=C/C=C/C=C/C=C/C(OC2OC[C@@H](O)[C@H](N)[C@@H]2O)CC2OC(O)(CC(O)C(O)CC(C=O)CCC(O)CC(O)CC(=O)OC(C)C(C)C1OC1CC(=O)[C@@H](O)[C@H](C)O1)CC(O)C2C(=O)O. The first-order valence-electron chi connectivity index (χ1n) is 25.3. The number of rotatable bonds is 6. The minimum Gasteiger partial charge on any atom is -0.481 e. The second-order valence-corrected chi connectivity index (χ2v) is 19.9. The van der Waals surface area contributed by atoms with Crippen LogP contribution in [0.3, 0.4) is 0 Å². The molecule has 21 atom stereocenters. The van der Waals surface area contributed by atoms with Crippen LogP contribution in [-0.4, -0.2) is 185 Å². The number of Topliss-reactive ketones (excluding diaryl/α,β-unsaturated/α-hetero) is 1. The standard InChI is InChI=1S/C53H79NO20/c1-30-17-15-13-11-9-7-5-6-8-10-12-14-16-18-37(72-52-49(65)47(54)42(62)29-69-52)24-43-46(51(66)67)41(61)27-53(68,74-43)26-40(60)38(58)21-34(28-55)19-20-35(56)22-36(57)23-44(63)70-32(3)31(2)50(30)73-45-25-39(59)48(64)33(4)71-45/h5-18,28,30-38,40-43,45-50,52,56-58,60-62,64-65,68H,19-27,29,54H2,1-4H3,(H,66,67)/b6-5+,9-7+,10-8+,13-11+,14-12+,17-15+,18-16+/t30?,31?,32?,33-,34?,35?,36?,37?,38?,40?,41?,42+,43?,45?,46?,47-,48-,49-,50?,52?,53?/m0/s1. The third-order valence-corrected chi connectivity index (χ3v) is 13.7. The van der Waals surface area contributed by atoms with Crippen molar-refractivity contribution < 1.29 is 98.7 Å². The predicted molar refractivity (Wildman–Crippen MR) is 265 cm³/mol. The van der Waals surface area contributed by atoms with Gasteiger partial charge in [0.15, 0.2) is 24.2 Å². The van der Waals surface area contributed by atoms with Gasteiger partial charge in [-0.1, -0.05) is 98.9 Å². The number of carbonyl (C=O) groups excluding carboxylic acids is 3. The zero-order chi connectivity index (χ0) is 54.7. The number of carboxylic acids is 1. The molecule has 0 aromatic rings. The molecule has 0 spiro atoms. The smallest absolute Gasteiger partial charge is 0.311 e. The van der Waals surface area contributed by atoms with Crippen LogP contribution in [0, 0.1) is 23.7 Å². The molecular weight excluding hydrogens is 971 g/mol. The largest absolute Gasteiger partial charge is 0.481 e. The molecule has 16 unspecified atom stereocenters. The van der Waals surface area contributed by atoms with E-state index >= 15 is 0 Å². The second-order valence-electron chi connectivity index (χ2n) is 19.9. The van der Waals surface area contributed by atoms with E-state index < -0.39 is 158 Å². The molecule has 0 saturated carbocycles. The number of hydrogen-bond acceptors (Lipinski definition) is 20. The van der Waals surface area contributed by atoms with Crippen LogP contribution >= 0.6 is 0 Å². The van der Waals surface area contributed by atoms with Crippen molar-refractivity contribution in [2.24, 2.45) is 29.4 Å². The van der Waals surface area contributed by atoms with E-state index in [1.807, 2.05) is 19.1 Å². The minimum absolute atomic E-state index is 0.0166. The monoisotopic (exact) mass is 1050 g/mol. The number of aliphatic hydroxyl groups excluding tert-OH is 8. The molecule has 12 N–H and O–H groups in total. The number of nitrogens with two attached hydrogens (primary N) is 1. The van der Waals surface area contributed by atoms with Gasteiger partial charge in [-0.05, 0) is 39.5 Å². The highest BCUT2D eigenvalue weighted by molar-refractivity contribution is 5.84. The summed E-state index contributed by atoms with van der Waals surface area (Å²) in [5.74, 6) is -8.41. The third-order valence-electron chi connectivity index (χ3n) is 13.7. The number of fused-ring (bicyclic) bond motifs is 2. The van der Waals surface area contributed by atoms with Crippen LogP contribution in [0.5, 0.6) is 0 Å². The van der Waals surface area contributed by atoms with Crippen molar-refractivity contribution >= 4 is 24.0 Å². The van der Waals surface area contributed by atoms with E-state index in [4.69, 9.17) is 34.2 Å². The number of aldehydes is 1. The first-order valence-corrected chi connectivity index (χ1v) is 25.3. The van der Waals surface area contributed by atoms with Gasteiger partial charge in [0.25, 0.3) is 0 Å². The van der Waals surface area contributed by atoms with E-state index in [1.165, 1.54) is 6.08 Å². The van der Waals surface area contributed by atoms with E-state index in [2.05, 4.69) is 0 Å². The Morgan fingerprint density at radius 1 is 0.716 bits per heavy atom. The molecule has 0 aliphatic carbocycles. The van der Waals surface area contributed by atoms with Crippen LogP contribution in [0.2, 0.25) is 0 Å². The molecule has 4 aliphatic rings. The van der Waals surface area contributed by atoms with Crippen LogP contribution in [0.1, 0.15) is 85.5 Å². The topological polar surface area (TPSA) is 352 Å². The van der Waals surface area contributed by atoms with Gasteiger partial charge in [0.05, 0.1) is 86.5 Å². The third kappa shape index (κ3) is 19.8. The number of aliphatic hydroxyl groups is 9. The Morgan fingerprint density at radius 3 is 1.91 bits per heavy atom. The molecule has 416 valence electrons. The molecule has 74 heavy (non-hydrogen) atoms. The Balaban J connectivity index is 1.58. The van der Waals surface area contributed by atoms with Crippen LogP contribution < -0.4 is 5.73 Å². The molecule has 0 amide bonds. The lowest BCUT2D eigenvalue weighted by atomic mass is 9.82. The Bertz CT molecular complexity index is 1990. The van der Waals surface area contributed by atoms with Crippen molar-refractivity contribution in [2.75, 3.05) is 6.61 Å². The number of esters is 1. The Hall–Kier alpha value is -4.14. The number of carboxylic acid groups (broad SMARTS) is 1. The Kier molecular flexibility index (Phi) is 25.8. The second kappa shape index (κ2) is 30.6. The first kappa shape index (κ1) is 62.4. The zero-order valence-corrected chi connectivity index (χ0v) is 42.4. The van der Waals surface area contributed by atoms with Crippen LogP contribution in [0.25, 0.3) is 0 Å². The number of ether oxygens (including phenoxy) is 6. The molecule has 21 heteroatoms. The average molecular weight is 1050 g/mol. The van der Waals surface area contributed by atoms with Gasteiger partial charge in [0.1, 0.15) is 30.5 Å². The van der Waals surface area contributed by atoms with Gasteiger partial charge in [-0.2, -0.15) is 0 Å². The summed E-state index contributed by atoms with van der Waals surface area (Å²) in [6.45, 7) is 6.63. The van der Waals surface area contributed by atoms with Gasteiger partial charge in [-0.3, -0.25) is 14.4 Å². The molecule has 0 aromatic carbocycles. The average Bonchev–Trinajstić information content (AvgIpc) is 3.32. The van der Waals surface area contributed by atoms with Crippen molar-refractivity contribution in [2.45, 2.75) is 189 Å². The first-order chi connectivity index (χ1) is 35.0. The van der Waals surface area contributed by atoms with Crippen molar-refractivity contribution in [3.63, 3.8) is 0 Å². The maximum absolute atomic E-state index is 13.1. The summed E-state index contributed by atoms with van der Waals surface area (Å²) in [6, 6.07) is -1.15. The summed E-state index contributed by atoms with van der Waals surface area (Å²) in [4.78, 5) is 50.3. The molecule has 4 aliphatic heterocycles. The van der Waals surface area contributed by atoms with E-state index in [1.54, 1.807) is 87.6 Å². The van der Waals surface area contributed by atoms with Gasteiger partial charge < -0.3 is 90.0 Å². The van der Waals surface area contributed by atoms with Crippen molar-refractivity contribution in [3.05, 3.63) is 85.1 Å². The Morgan fingerprint density at radius 2 is 1.31 bits per heavy atom. The number of ketones is 1. The van der Waals surface area contributed by atoms with Gasteiger partial charge in [-0.25, -0.2) is 0 Å². The van der Waals surface area contributed by atoms with E-state index in [0.29, 0.717) is 6.29 Å². The fourth-order valence-corrected chi connectivity index (χ4v) is 9.25. The van der Waals surface area contributed by atoms with Crippen LogP contribution in [0.4, 0.5) is 0 Å². The zero-order valence-electron chi connectivity index (χ0n) is 42.4. The van der Waals surface area contributed by atoms with E-state index in [0.717, 1.165) is 0 Å². The van der Waals surface area contributed by atoms with Gasteiger partial charge in [-0.15, -0.1) is 0 Å². The highest BCUT2D eigenvalue weighted by Gasteiger charge is 2.51. The molecule has 2 bridgehead atoms. The van der Waals surface area contributed by atoms with Gasteiger partial charge in [0.2, 0.25) is 0 Å². The lowest BCUT2D eigenvalue weighted by molar-refractivity contribution is -0.307. The Labute approximate surface area is 431 Å². The number of hydrogen-bond donors (Lipinski definition) is 11. The molecule has 0 aromatic heterocycles. The van der Waals surface area contributed by atoms with E-state index in [9.17, 15) is 70.2 Å². The molecule has 0 radical (unpaired) electrons. The quantitative estimate of drug-likeness (QED) is 0.130. The molecular formula is C53H79NO20. The highest BCUT2D eigenvalue weighted by atomic mass is 16.7. The summed E-state index contributed by atoms with van der Waals surface area (Å²) in [7, 11) is 0. The molecule has 3 saturated heterocycles. The summed E-state index contributed by atoms with van der Waals surface area (Å²) < 4.78 is 35.3. The molecule has 4 heterocycles. The number of aliphatic carboxylic acids is 1. The van der Waals surface area contributed by atoms with Gasteiger partial charge in [0, 0.05) is 37.0 Å². The maximum atomic E-state index is 13.1. The fourth-order valence-electron chi connectivity index (χ4n) is 9.25. The molecule has 4 rings (SSSR count). The van der Waals surface area contributed by atoms with E-state index in [-0.39, 0.29) is 51.0 Å². The minimum atomic E-state index is -2.40. The van der Waals surface area contributed by atoms with Crippen LogP contribution in [-0.2, 0) is 47.6 Å². The maximum Gasteiger partial charge on any atom is 0.311 e. The van der Waals surface area contributed by atoms with Crippen LogP contribution in [0.15, 0.2) is 85.1 Å². The number of carbonyl (C=O) groups is 4. The van der Waals surface area contributed by atoms with Gasteiger partial charge >= 0.3 is 11.9 Å². The predicted octanol–water partition coefficient (Wildman–Crippen LogP) is 0.867. The summed E-state index contributed by atoms with van der Waals surface area (Å²) >= 11 is 0. The summed E-state index contributed by atoms with van der Waals surface area (Å²) in [5.41, 5.74) is 5.95. The van der Waals surface area contributed by atoms with Crippen molar-refractivity contribution in [1.29, 1.82) is 0 Å². The lowest BCUT2D eigenvalue weighted by Gasteiger charge is -2.45. The fraction of sp³-hybridized carbons (Fsp3) is 0.660. The lowest BCUT2D eigenvalue weighted by Crippen LogP contribution is -2.59. The normalized spacial score (nSPS) is 44.6. The highest BCUT2D eigenvalue weighted by Crippen LogP contribution is 2.38. The van der Waals surface area contributed by atoms with Crippen molar-refractivity contribution in [1.82, 2.24) is 0 Å². The number of allylic oxidation sites excluding steroid dienone is 12. The number of cyclic esters (lactones) is 1. The summed E-state index contributed by atoms with van der Waals surface area (Å²) in [5, 5.41) is 108. The summed E-state index contributed by atoms with van der Waals surface area (Å²) in [6.07, 6.45) is 2.73.